The molecule has 2 heterocycles. The van der Waals surface area contributed by atoms with Gasteiger partial charge in [0.25, 0.3) is 10.0 Å². The molecule has 1 aliphatic heterocycles. The van der Waals surface area contributed by atoms with Crippen molar-refractivity contribution in [2.75, 3.05) is 26.2 Å². The minimum absolute atomic E-state index is 0.105. The predicted octanol–water partition coefficient (Wildman–Crippen LogP) is 0.593. The normalized spacial score (nSPS) is 24.7. The summed E-state index contributed by atoms with van der Waals surface area (Å²) in [5.41, 5.74) is -0.927. The third-order valence-corrected chi connectivity index (χ3v) is 6.81. The van der Waals surface area contributed by atoms with Crippen LogP contribution in [0.3, 0.4) is 0 Å². The van der Waals surface area contributed by atoms with Crippen LogP contribution >= 0.6 is 0 Å². The summed E-state index contributed by atoms with van der Waals surface area (Å²) in [5.74, 6) is -2.71. The van der Waals surface area contributed by atoms with E-state index in [4.69, 9.17) is 0 Å². The highest BCUT2D eigenvalue weighted by atomic mass is 32.2. The summed E-state index contributed by atoms with van der Waals surface area (Å²) in [5, 5.41) is 16.8. The Kier molecular flexibility index (Phi) is 4.55. The number of piperazine rings is 1. The highest BCUT2D eigenvalue weighted by molar-refractivity contribution is 7.89. The molecule has 0 spiro atoms. The third-order valence-electron chi connectivity index (χ3n) is 5.05. The zero-order valence-corrected chi connectivity index (χ0v) is 14.7. The molecule has 1 saturated heterocycles. The first-order chi connectivity index (χ1) is 11.7. The smallest absolute Gasteiger partial charge is 0.264 e. The highest BCUT2D eigenvalue weighted by Crippen LogP contribution is 2.41. The maximum atomic E-state index is 13.4. The molecular formula is C14H20F2N6O2S. The fraction of sp³-hybridized carbons (Fsp3) is 0.786. The summed E-state index contributed by atoms with van der Waals surface area (Å²) in [4.78, 5) is 1.85. The van der Waals surface area contributed by atoms with Crippen LogP contribution in [-0.2, 0) is 17.1 Å². The van der Waals surface area contributed by atoms with Crippen molar-refractivity contribution in [2.24, 2.45) is 7.05 Å². The molecule has 0 atom stereocenters. The number of aromatic nitrogens is 3. The van der Waals surface area contributed by atoms with E-state index in [2.05, 4.69) is 16.4 Å². The van der Waals surface area contributed by atoms with Crippen molar-refractivity contribution in [1.29, 1.82) is 5.26 Å². The van der Waals surface area contributed by atoms with E-state index < -0.39 is 21.5 Å². The standard InChI is InChI=1S/C14H20F2N6O2S/c1-20-10-12(18-19-20)25(23,24)22-8-6-21(7-9-22)13(11-17)2-4-14(15,16)5-3-13/h10H,2-9H2,1H3. The summed E-state index contributed by atoms with van der Waals surface area (Å²) < 4.78 is 54.6. The van der Waals surface area contributed by atoms with Gasteiger partial charge in [0.15, 0.2) is 0 Å². The average molecular weight is 374 g/mol. The molecule has 8 nitrogen and oxygen atoms in total. The minimum atomic E-state index is -3.73. The topological polar surface area (TPSA) is 95.1 Å². The average Bonchev–Trinajstić information content (AvgIpc) is 3.03. The molecule has 0 bridgehead atoms. The molecule has 0 radical (unpaired) electrons. The maximum Gasteiger partial charge on any atom is 0.264 e. The van der Waals surface area contributed by atoms with E-state index in [9.17, 15) is 22.5 Å². The van der Waals surface area contributed by atoms with E-state index in [0.717, 1.165) is 0 Å². The minimum Gasteiger partial charge on any atom is -0.283 e. The highest BCUT2D eigenvalue weighted by Gasteiger charge is 2.48. The van der Waals surface area contributed by atoms with Gasteiger partial charge in [-0.1, -0.05) is 5.21 Å². The number of alkyl halides is 2. The maximum absolute atomic E-state index is 13.4. The van der Waals surface area contributed by atoms with Crippen LogP contribution in [0.25, 0.3) is 0 Å². The molecule has 138 valence electrons. The second-order valence-corrected chi connectivity index (χ2v) is 8.51. The quantitative estimate of drug-likeness (QED) is 0.769. The molecule has 11 heteroatoms. The molecular weight excluding hydrogens is 354 g/mol. The van der Waals surface area contributed by atoms with Crippen LogP contribution in [0.4, 0.5) is 8.78 Å². The van der Waals surface area contributed by atoms with Gasteiger partial charge in [0.1, 0.15) is 5.54 Å². The Bertz CT molecular complexity index is 769. The van der Waals surface area contributed by atoms with E-state index in [0.29, 0.717) is 13.1 Å². The Labute approximate surface area is 145 Å². The lowest BCUT2D eigenvalue weighted by atomic mass is 9.79. The Balaban J connectivity index is 1.68. The van der Waals surface area contributed by atoms with Gasteiger partial charge in [-0.25, -0.2) is 17.2 Å². The van der Waals surface area contributed by atoms with Crippen molar-refractivity contribution in [2.45, 2.75) is 42.2 Å². The van der Waals surface area contributed by atoms with Gasteiger partial charge in [0.2, 0.25) is 10.9 Å². The van der Waals surface area contributed by atoms with Crippen molar-refractivity contribution < 1.29 is 17.2 Å². The van der Waals surface area contributed by atoms with Gasteiger partial charge in [0, 0.05) is 46.1 Å². The van der Waals surface area contributed by atoms with Gasteiger partial charge in [-0.3, -0.25) is 9.58 Å². The Morgan fingerprint density at radius 1 is 1.16 bits per heavy atom. The molecule has 2 fully saturated rings. The molecule has 0 aromatic carbocycles. The molecule has 1 saturated carbocycles. The predicted molar refractivity (Wildman–Crippen MR) is 83.1 cm³/mol. The van der Waals surface area contributed by atoms with Gasteiger partial charge < -0.3 is 0 Å². The molecule has 1 aromatic heterocycles. The molecule has 0 unspecified atom stereocenters. The van der Waals surface area contributed by atoms with Crippen molar-refractivity contribution in [3.8, 4) is 6.07 Å². The second-order valence-electron chi connectivity index (χ2n) is 6.62. The lowest BCUT2D eigenvalue weighted by Crippen LogP contribution is -2.59. The molecule has 2 aliphatic rings. The van der Waals surface area contributed by atoms with E-state index in [1.807, 2.05) is 4.90 Å². The molecule has 3 rings (SSSR count). The summed E-state index contributed by atoms with van der Waals surface area (Å²) >= 11 is 0. The number of sulfonamides is 1. The number of hydrogen-bond donors (Lipinski definition) is 0. The van der Waals surface area contributed by atoms with Crippen LogP contribution in [0.2, 0.25) is 0 Å². The lowest BCUT2D eigenvalue weighted by Gasteiger charge is -2.46. The van der Waals surface area contributed by atoms with Crippen LogP contribution in [-0.4, -0.2) is 70.3 Å². The van der Waals surface area contributed by atoms with Gasteiger partial charge in [-0.05, 0) is 12.8 Å². The van der Waals surface area contributed by atoms with E-state index >= 15 is 0 Å². The first kappa shape index (κ1) is 18.2. The van der Waals surface area contributed by atoms with Gasteiger partial charge in [0.05, 0.1) is 12.3 Å². The van der Waals surface area contributed by atoms with Crippen molar-refractivity contribution in [1.82, 2.24) is 24.2 Å². The summed E-state index contributed by atoms with van der Waals surface area (Å²) in [6, 6.07) is 2.21. The number of nitrogens with zero attached hydrogens (tertiary/aromatic N) is 6. The summed E-state index contributed by atoms with van der Waals surface area (Å²) in [6.45, 7) is 1.05. The van der Waals surface area contributed by atoms with Crippen LogP contribution in [0.5, 0.6) is 0 Å². The number of nitriles is 1. The Morgan fingerprint density at radius 2 is 1.76 bits per heavy atom. The van der Waals surface area contributed by atoms with E-state index in [-0.39, 0.29) is 43.8 Å². The van der Waals surface area contributed by atoms with E-state index in [1.165, 1.54) is 15.2 Å². The second kappa shape index (κ2) is 6.26. The van der Waals surface area contributed by atoms with Gasteiger partial charge in [-0.2, -0.15) is 9.57 Å². The van der Waals surface area contributed by atoms with Gasteiger partial charge >= 0.3 is 0 Å². The fourth-order valence-corrected chi connectivity index (χ4v) is 4.80. The molecule has 1 aliphatic carbocycles. The van der Waals surface area contributed by atoms with E-state index in [1.54, 1.807) is 7.05 Å². The number of hydrogen-bond acceptors (Lipinski definition) is 6. The van der Waals surface area contributed by atoms with Crippen LogP contribution < -0.4 is 0 Å². The molecule has 1 aromatic rings. The zero-order chi connectivity index (χ0) is 18.3. The van der Waals surface area contributed by atoms with Crippen LogP contribution in [0.15, 0.2) is 11.2 Å². The first-order valence-corrected chi connectivity index (χ1v) is 9.53. The number of aryl methyl sites for hydroxylation is 1. The SMILES string of the molecule is Cn1cc(S(=O)(=O)N2CCN(C3(C#N)CCC(F)(F)CC3)CC2)nn1. The monoisotopic (exact) mass is 374 g/mol. The first-order valence-electron chi connectivity index (χ1n) is 8.09. The van der Waals surface area contributed by atoms with Crippen molar-refractivity contribution >= 4 is 10.0 Å². The van der Waals surface area contributed by atoms with Gasteiger partial charge in [-0.15, -0.1) is 5.10 Å². The van der Waals surface area contributed by atoms with Crippen molar-refractivity contribution in [3.63, 3.8) is 0 Å². The summed E-state index contributed by atoms with van der Waals surface area (Å²) in [7, 11) is -2.15. The van der Waals surface area contributed by atoms with Crippen LogP contribution in [0.1, 0.15) is 25.7 Å². The third kappa shape index (κ3) is 3.38. The Hall–Kier alpha value is -1.64. The summed E-state index contributed by atoms with van der Waals surface area (Å²) in [6.07, 6.45) is 0.930. The van der Waals surface area contributed by atoms with Crippen molar-refractivity contribution in [3.05, 3.63) is 6.20 Å². The van der Waals surface area contributed by atoms with Crippen LogP contribution in [0, 0.1) is 11.3 Å². The zero-order valence-electron chi connectivity index (χ0n) is 13.9. The lowest BCUT2D eigenvalue weighted by molar-refractivity contribution is -0.0716. The number of halogens is 2. The molecule has 0 N–H and O–H groups in total. The molecule has 25 heavy (non-hydrogen) atoms. The molecule has 0 amide bonds. The number of rotatable bonds is 3. The largest absolute Gasteiger partial charge is 0.283 e. The fourth-order valence-electron chi connectivity index (χ4n) is 3.46. The Morgan fingerprint density at radius 3 is 2.24 bits per heavy atom.